The predicted octanol–water partition coefficient (Wildman–Crippen LogP) is 4.62. The monoisotopic (exact) mass is 468 g/mol. The van der Waals surface area contributed by atoms with E-state index in [0.717, 1.165) is 53.7 Å². The standard InChI is InChI=1S/C30H32N2O3/c33-26(22-35-29-15-7-14-28-27(29)13-8-18-31-28)21-32-19-16-25(17-20-32)30(34,23-9-3-1-4-10-23)24-11-5-2-6-12-24/h1-15,18,25-26,33-34H,16-17,19-22H2. The molecule has 0 aliphatic carbocycles. The topological polar surface area (TPSA) is 65.8 Å². The molecule has 0 amide bonds. The SMILES string of the molecule is OC(COc1cccc2ncccc12)CN1CCC(C(O)(c2ccccc2)c2ccccc2)CC1. The van der Waals surface area contributed by atoms with Gasteiger partial charge < -0.3 is 19.8 Å². The molecule has 1 fully saturated rings. The molecule has 180 valence electrons. The highest BCUT2D eigenvalue weighted by Gasteiger charge is 2.41. The molecule has 0 radical (unpaired) electrons. The molecule has 5 heteroatoms. The highest BCUT2D eigenvalue weighted by Crippen LogP contribution is 2.41. The summed E-state index contributed by atoms with van der Waals surface area (Å²) in [7, 11) is 0. The van der Waals surface area contributed by atoms with Crippen molar-refractivity contribution in [2.24, 2.45) is 5.92 Å². The summed E-state index contributed by atoms with van der Waals surface area (Å²) in [6.07, 6.45) is 2.87. The first-order valence-corrected chi connectivity index (χ1v) is 12.3. The summed E-state index contributed by atoms with van der Waals surface area (Å²) < 4.78 is 5.96. The van der Waals surface area contributed by atoms with Crippen LogP contribution in [0.1, 0.15) is 24.0 Å². The van der Waals surface area contributed by atoms with Gasteiger partial charge in [-0.15, -0.1) is 0 Å². The van der Waals surface area contributed by atoms with Gasteiger partial charge in [0.2, 0.25) is 0 Å². The van der Waals surface area contributed by atoms with Gasteiger partial charge in [-0.25, -0.2) is 0 Å². The van der Waals surface area contributed by atoms with Crippen LogP contribution in [0.15, 0.2) is 97.2 Å². The number of hydrogen-bond donors (Lipinski definition) is 2. The summed E-state index contributed by atoms with van der Waals surface area (Å²) in [5.74, 6) is 0.837. The van der Waals surface area contributed by atoms with Gasteiger partial charge >= 0.3 is 0 Å². The van der Waals surface area contributed by atoms with E-state index in [0.29, 0.717) is 6.54 Å². The molecule has 5 rings (SSSR count). The highest BCUT2D eigenvalue weighted by atomic mass is 16.5. The second kappa shape index (κ2) is 10.6. The Morgan fingerprint density at radius 2 is 1.51 bits per heavy atom. The highest BCUT2D eigenvalue weighted by molar-refractivity contribution is 5.84. The van der Waals surface area contributed by atoms with E-state index in [9.17, 15) is 10.2 Å². The molecule has 5 nitrogen and oxygen atoms in total. The minimum Gasteiger partial charge on any atom is -0.490 e. The van der Waals surface area contributed by atoms with Crippen molar-refractivity contribution in [3.8, 4) is 5.75 Å². The maximum atomic E-state index is 12.1. The van der Waals surface area contributed by atoms with Gasteiger partial charge in [0.1, 0.15) is 24.1 Å². The minimum atomic E-state index is -1.03. The Balaban J connectivity index is 1.21. The number of nitrogens with zero attached hydrogens (tertiary/aromatic N) is 2. The van der Waals surface area contributed by atoms with E-state index in [-0.39, 0.29) is 12.5 Å². The summed E-state index contributed by atoms with van der Waals surface area (Å²) in [6, 6.07) is 29.6. The number of rotatable bonds is 8. The summed E-state index contributed by atoms with van der Waals surface area (Å²) in [5.41, 5.74) is 1.72. The maximum Gasteiger partial charge on any atom is 0.128 e. The number of fused-ring (bicyclic) bond motifs is 1. The van der Waals surface area contributed by atoms with Crippen molar-refractivity contribution in [1.29, 1.82) is 0 Å². The molecular formula is C30H32N2O3. The average Bonchev–Trinajstić information content (AvgIpc) is 2.93. The van der Waals surface area contributed by atoms with Gasteiger partial charge in [-0.2, -0.15) is 0 Å². The summed E-state index contributed by atoms with van der Waals surface area (Å²) >= 11 is 0. The Hall–Kier alpha value is -3.25. The average molecular weight is 469 g/mol. The lowest BCUT2D eigenvalue weighted by molar-refractivity contribution is -0.0222. The number of ether oxygens (including phenoxy) is 1. The first-order chi connectivity index (χ1) is 17.1. The zero-order chi connectivity index (χ0) is 24.1. The maximum absolute atomic E-state index is 12.1. The molecule has 1 aliphatic heterocycles. The third-order valence-corrected chi connectivity index (χ3v) is 7.11. The van der Waals surface area contributed by atoms with Crippen molar-refractivity contribution in [3.05, 3.63) is 108 Å². The molecule has 1 atom stereocenters. The van der Waals surface area contributed by atoms with E-state index in [4.69, 9.17) is 4.74 Å². The van der Waals surface area contributed by atoms with Crippen molar-refractivity contribution in [3.63, 3.8) is 0 Å². The molecule has 2 heterocycles. The molecule has 1 unspecified atom stereocenters. The van der Waals surface area contributed by atoms with Crippen LogP contribution >= 0.6 is 0 Å². The van der Waals surface area contributed by atoms with E-state index in [1.165, 1.54) is 0 Å². The third kappa shape index (κ3) is 5.08. The molecule has 2 N–H and O–H groups in total. The zero-order valence-electron chi connectivity index (χ0n) is 19.8. The van der Waals surface area contributed by atoms with Gasteiger partial charge in [-0.1, -0.05) is 66.7 Å². The van der Waals surface area contributed by atoms with Crippen molar-refractivity contribution >= 4 is 10.9 Å². The second-order valence-corrected chi connectivity index (χ2v) is 9.36. The lowest BCUT2D eigenvalue weighted by atomic mass is 9.72. The van der Waals surface area contributed by atoms with E-state index >= 15 is 0 Å². The summed E-state index contributed by atoms with van der Waals surface area (Å²) in [6.45, 7) is 2.42. The van der Waals surface area contributed by atoms with Gasteiger partial charge in [0, 0.05) is 18.1 Å². The summed E-state index contributed by atoms with van der Waals surface area (Å²) in [4.78, 5) is 6.63. The van der Waals surface area contributed by atoms with Gasteiger partial charge in [0.05, 0.1) is 5.52 Å². The van der Waals surface area contributed by atoms with Crippen LogP contribution in [-0.4, -0.2) is 52.4 Å². The van der Waals surface area contributed by atoms with Gasteiger partial charge in [-0.3, -0.25) is 4.98 Å². The number of β-amino-alcohol motifs (C(OH)–C–C–N with tert-alkyl or cyclic N) is 1. The van der Waals surface area contributed by atoms with Crippen LogP contribution in [0.2, 0.25) is 0 Å². The summed E-state index contributed by atoms with van der Waals surface area (Å²) in [5, 5.41) is 23.7. The molecule has 1 aliphatic rings. The molecule has 0 saturated carbocycles. The fourth-order valence-corrected chi connectivity index (χ4v) is 5.29. The number of hydrogen-bond acceptors (Lipinski definition) is 5. The molecule has 1 aromatic heterocycles. The number of piperidine rings is 1. The Labute approximate surface area is 206 Å². The molecule has 0 bridgehead atoms. The minimum absolute atomic E-state index is 0.0973. The normalized spacial score (nSPS) is 16.3. The Bertz CT molecular complexity index is 1180. The zero-order valence-corrected chi connectivity index (χ0v) is 19.8. The first-order valence-electron chi connectivity index (χ1n) is 12.3. The Morgan fingerprint density at radius 1 is 0.857 bits per heavy atom. The molecule has 0 spiro atoms. The number of pyridine rings is 1. The molecule has 3 aromatic carbocycles. The van der Waals surface area contributed by atoms with Crippen molar-refractivity contribution in [2.75, 3.05) is 26.2 Å². The van der Waals surface area contributed by atoms with Crippen LogP contribution in [0.5, 0.6) is 5.75 Å². The van der Waals surface area contributed by atoms with Gasteiger partial charge in [0.15, 0.2) is 0 Å². The number of aromatic nitrogens is 1. The first kappa shape index (κ1) is 23.5. The largest absolute Gasteiger partial charge is 0.490 e. The van der Waals surface area contributed by atoms with E-state index in [1.54, 1.807) is 6.20 Å². The Kier molecular flexibility index (Phi) is 7.09. The predicted molar refractivity (Wildman–Crippen MR) is 138 cm³/mol. The third-order valence-electron chi connectivity index (χ3n) is 7.11. The van der Waals surface area contributed by atoms with E-state index in [2.05, 4.69) is 9.88 Å². The van der Waals surface area contributed by atoms with Crippen LogP contribution in [0, 0.1) is 5.92 Å². The molecule has 1 saturated heterocycles. The van der Waals surface area contributed by atoms with Gasteiger partial charge in [0.25, 0.3) is 0 Å². The van der Waals surface area contributed by atoms with Crippen LogP contribution in [0.3, 0.4) is 0 Å². The van der Waals surface area contributed by atoms with Gasteiger partial charge in [-0.05, 0) is 67.2 Å². The molecule has 35 heavy (non-hydrogen) atoms. The van der Waals surface area contributed by atoms with E-state index < -0.39 is 11.7 Å². The van der Waals surface area contributed by atoms with Crippen LogP contribution in [0.25, 0.3) is 10.9 Å². The van der Waals surface area contributed by atoms with Crippen LogP contribution in [0.4, 0.5) is 0 Å². The van der Waals surface area contributed by atoms with Crippen LogP contribution in [-0.2, 0) is 5.60 Å². The number of aliphatic hydroxyl groups excluding tert-OH is 1. The lowest BCUT2D eigenvalue weighted by Gasteiger charge is -2.42. The van der Waals surface area contributed by atoms with Crippen molar-refractivity contribution < 1.29 is 14.9 Å². The fraction of sp³-hybridized carbons (Fsp3) is 0.300. The quantitative estimate of drug-likeness (QED) is 0.395. The number of aliphatic hydroxyl groups is 2. The molecule has 4 aromatic rings. The fourth-order valence-electron chi connectivity index (χ4n) is 5.29. The number of benzene rings is 3. The Morgan fingerprint density at radius 3 is 2.17 bits per heavy atom. The smallest absolute Gasteiger partial charge is 0.128 e. The lowest BCUT2D eigenvalue weighted by Crippen LogP contribution is -2.46. The van der Waals surface area contributed by atoms with E-state index in [1.807, 2.05) is 91.0 Å². The number of likely N-dealkylation sites (tertiary alicyclic amines) is 1. The van der Waals surface area contributed by atoms with Crippen molar-refractivity contribution in [2.45, 2.75) is 24.5 Å². The molecular weight excluding hydrogens is 436 g/mol. The van der Waals surface area contributed by atoms with Crippen molar-refractivity contribution in [1.82, 2.24) is 9.88 Å². The second-order valence-electron chi connectivity index (χ2n) is 9.36. The van der Waals surface area contributed by atoms with Crippen LogP contribution < -0.4 is 4.74 Å².